The zero-order valence-corrected chi connectivity index (χ0v) is 10.7. The van der Waals surface area contributed by atoms with Crippen molar-refractivity contribution in [2.75, 3.05) is 11.9 Å². The summed E-state index contributed by atoms with van der Waals surface area (Å²) in [5, 5.41) is 2.64. The number of rotatable bonds is 3. The van der Waals surface area contributed by atoms with Crippen LogP contribution in [0, 0.1) is 17.5 Å². The van der Waals surface area contributed by atoms with E-state index in [2.05, 4.69) is 5.32 Å². The molecule has 1 amide bonds. The molecule has 1 saturated heterocycles. The molecule has 1 aromatic rings. The van der Waals surface area contributed by atoms with Gasteiger partial charge in [-0.1, -0.05) is 0 Å². The third kappa shape index (κ3) is 2.67. The van der Waals surface area contributed by atoms with Gasteiger partial charge in [0.2, 0.25) is 5.91 Å². The zero-order chi connectivity index (χ0) is 14.2. The predicted molar refractivity (Wildman–Crippen MR) is 65.2 cm³/mol. The van der Waals surface area contributed by atoms with Crippen molar-refractivity contribution in [1.29, 1.82) is 0 Å². The molecule has 1 N–H and O–H groups in total. The summed E-state index contributed by atoms with van der Waals surface area (Å²) in [6.45, 7) is 4.34. The second-order valence-corrected chi connectivity index (χ2v) is 4.86. The maximum atomic E-state index is 13.5. The average molecular weight is 272 g/mol. The third-order valence-corrected chi connectivity index (χ3v) is 3.20. The van der Waals surface area contributed by atoms with Crippen LogP contribution in [0.3, 0.4) is 0 Å². The van der Waals surface area contributed by atoms with Crippen molar-refractivity contribution >= 4 is 11.6 Å². The molecule has 19 heavy (non-hydrogen) atoms. The monoisotopic (exact) mass is 272 g/mol. The highest BCUT2D eigenvalue weighted by Crippen LogP contribution is 2.23. The van der Waals surface area contributed by atoms with Crippen LogP contribution in [0.1, 0.15) is 20.3 Å². The number of nitrogens with one attached hydrogen (secondary N) is 1. The Balaban J connectivity index is 2.15. The van der Waals surface area contributed by atoms with Gasteiger partial charge in [0, 0.05) is 24.7 Å². The van der Waals surface area contributed by atoms with Gasteiger partial charge in [-0.2, -0.15) is 0 Å². The van der Waals surface area contributed by atoms with Crippen molar-refractivity contribution in [3.05, 3.63) is 29.6 Å². The first kappa shape index (κ1) is 13.7. The zero-order valence-electron chi connectivity index (χ0n) is 10.7. The Morgan fingerprint density at radius 3 is 2.42 bits per heavy atom. The van der Waals surface area contributed by atoms with Crippen molar-refractivity contribution in [1.82, 2.24) is 4.90 Å². The van der Waals surface area contributed by atoms with E-state index in [0.29, 0.717) is 19.0 Å². The number of carbonyl (C=O) groups is 1. The molecule has 1 fully saturated rings. The second-order valence-electron chi connectivity index (χ2n) is 4.86. The average Bonchev–Trinajstić information content (AvgIpc) is 2.68. The molecule has 1 atom stereocenters. The van der Waals surface area contributed by atoms with Crippen molar-refractivity contribution in [2.24, 2.45) is 0 Å². The number of halogens is 3. The van der Waals surface area contributed by atoms with E-state index in [9.17, 15) is 18.0 Å². The van der Waals surface area contributed by atoms with E-state index in [1.165, 1.54) is 0 Å². The molecule has 1 unspecified atom stereocenters. The number of hydrogen-bond acceptors (Lipinski definition) is 2. The molecule has 6 heteroatoms. The van der Waals surface area contributed by atoms with Crippen LogP contribution in [0.15, 0.2) is 12.1 Å². The fraction of sp³-hybridized carbons (Fsp3) is 0.462. The van der Waals surface area contributed by atoms with Gasteiger partial charge in [-0.25, -0.2) is 13.2 Å². The Bertz CT molecular complexity index is 505. The molecule has 0 aliphatic carbocycles. The van der Waals surface area contributed by atoms with Gasteiger partial charge in [-0.3, -0.25) is 4.79 Å². The first-order chi connectivity index (χ1) is 8.90. The number of hydrogen-bond donors (Lipinski definition) is 1. The molecule has 0 radical (unpaired) electrons. The lowest BCUT2D eigenvalue weighted by molar-refractivity contribution is -0.129. The van der Waals surface area contributed by atoms with Gasteiger partial charge >= 0.3 is 0 Å². The summed E-state index contributed by atoms with van der Waals surface area (Å²) < 4.78 is 39.3. The van der Waals surface area contributed by atoms with Crippen molar-refractivity contribution in [3.63, 3.8) is 0 Å². The molecule has 2 rings (SSSR count). The first-order valence-electron chi connectivity index (χ1n) is 6.11. The van der Waals surface area contributed by atoms with Crippen LogP contribution in [0.25, 0.3) is 0 Å². The second kappa shape index (κ2) is 5.11. The highest BCUT2D eigenvalue weighted by Gasteiger charge is 2.33. The molecule has 3 nitrogen and oxygen atoms in total. The van der Waals surface area contributed by atoms with E-state index in [1.807, 2.05) is 13.8 Å². The van der Waals surface area contributed by atoms with Gasteiger partial charge in [-0.15, -0.1) is 0 Å². The molecular formula is C13H15F3N2O. The van der Waals surface area contributed by atoms with E-state index in [-0.39, 0.29) is 17.6 Å². The minimum Gasteiger partial charge on any atom is -0.371 e. The van der Waals surface area contributed by atoms with Crippen LogP contribution in [-0.4, -0.2) is 29.4 Å². The minimum absolute atomic E-state index is 0.0640. The number of anilines is 1. The number of carbonyl (C=O) groups excluding carboxylic acids is 1. The topological polar surface area (TPSA) is 32.3 Å². The lowest BCUT2D eigenvalue weighted by Gasteiger charge is -2.21. The molecule has 0 saturated carbocycles. The maximum absolute atomic E-state index is 13.5. The Morgan fingerprint density at radius 2 is 1.84 bits per heavy atom. The van der Waals surface area contributed by atoms with Crippen LogP contribution < -0.4 is 5.32 Å². The van der Waals surface area contributed by atoms with Crippen LogP contribution in [-0.2, 0) is 4.79 Å². The summed E-state index contributed by atoms with van der Waals surface area (Å²) >= 11 is 0. The SMILES string of the molecule is CC(C)N1CCC(Nc2cc(F)c(F)cc2F)C1=O. The summed E-state index contributed by atoms with van der Waals surface area (Å²) in [5.74, 6) is -3.45. The van der Waals surface area contributed by atoms with Crippen LogP contribution in [0.4, 0.5) is 18.9 Å². The number of likely N-dealkylation sites (tertiary alicyclic amines) is 1. The van der Waals surface area contributed by atoms with Gasteiger partial charge in [0.25, 0.3) is 0 Å². The number of benzene rings is 1. The van der Waals surface area contributed by atoms with Crippen LogP contribution in [0.5, 0.6) is 0 Å². The fourth-order valence-electron chi connectivity index (χ4n) is 2.17. The van der Waals surface area contributed by atoms with E-state index < -0.39 is 23.5 Å². The molecular weight excluding hydrogens is 257 g/mol. The van der Waals surface area contributed by atoms with Crippen molar-refractivity contribution in [2.45, 2.75) is 32.4 Å². The van der Waals surface area contributed by atoms with E-state index >= 15 is 0 Å². The molecule has 1 aliphatic heterocycles. The molecule has 0 bridgehead atoms. The normalized spacial score (nSPS) is 19.4. The fourth-order valence-corrected chi connectivity index (χ4v) is 2.17. The summed E-state index contributed by atoms with van der Waals surface area (Å²) in [4.78, 5) is 13.6. The highest BCUT2D eigenvalue weighted by molar-refractivity contribution is 5.87. The molecule has 1 aliphatic rings. The molecule has 0 aromatic heterocycles. The van der Waals surface area contributed by atoms with E-state index in [0.717, 1.165) is 6.07 Å². The Morgan fingerprint density at radius 1 is 1.21 bits per heavy atom. The Hall–Kier alpha value is -1.72. The standard InChI is InChI=1S/C13H15F3N2O/c1-7(2)18-4-3-11(13(18)19)17-12-6-9(15)8(14)5-10(12)16/h5-7,11,17H,3-4H2,1-2H3. The third-order valence-electron chi connectivity index (χ3n) is 3.20. The lowest BCUT2D eigenvalue weighted by Crippen LogP contribution is -2.37. The molecule has 0 spiro atoms. The van der Waals surface area contributed by atoms with Gasteiger partial charge in [-0.05, 0) is 20.3 Å². The van der Waals surface area contributed by atoms with Crippen molar-refractivity contribution < 1.29 is 18.0 Å². The number of amides is 1. The van der Waals surface area contributed by atoms with Crippen LogP contribution in [0.2, 0.25) is 0 Å². The van der Waals surface area contributed by atoms with Gasteiger partial charge in [0.1, 0.15) is 11.9 Å². The summed E-state index contributed by atoms with van der Waals surface area (Å²) in [5.41, 5.74) is -0.192. The smallest absolute Gasteiger partial charge is 0.245 e. The maximum Gasteiger partial charge on any atom is 0.245 e. The van der Waals surface area contributed by atoms with E-state index in [4.69, 9.17) is 0 Å². The predicted octanol–water partition coefficient (Wildman–Crippen LogP) is 2.53. The Kier molecular flexibility index (Phi) is 3.68. The summed E-state index contributed by atoms with van der Waals surface area (Å²) in [7, 11) is 0. The van der Waals surface area contributed by atoms with Gasteiger partial charge in [0.05, 0.1) is 5.69 Å². The van der Waals surface area contributed by atoms with Crippen LogP contribution >= 0.6 is 0 Å². The highest BCUT2D eigenvalue weighted by atomic mass is 19.2. The van der Waals surface area contributed by atoms with Gasteiger partial charge in [0.15, 0.2) is 11.6 Å². The summed E-state index contributed by atoms with van der Waals surface area (Å²) in [6.07, 6.45) is 0.509. The molecule has 1 heterocycles. The summed E-state index contributed by atoms with van der Waals surface area (Å²) in [6, 6.07) is 0.670. The first-order valence-corrected chi connectivity index (χ1v) is 6.11. The van der Waals surface area contributed by atoms with Crippen molar-refractivity contribution in [3.8, 4) is 0 Å². The molecule has 1 aromatic carbocycles. The van der Waals surface area contributed by atoms with Gasteiger partial charge < -0.3 is 10.2 Å². The largest absolute Gasteiger partial charge is 0.371 e. The Labute approximate surface area is 109 Å². The minimum atomic E-state index is -1.25. The lowest BCUT2D eigenvalue weighted by atomic mass is 10.2. The quantitative estimate of drug-likeness (QED) is 0.858. The number of nitrogens with zero attached hydrogens (tertiary/aromatic N) is 1. The molecule has 104 valence electrons. The van der Waals surface area contributed by atoms with E-state index in [1.54, 1.807) is 4.90 Å².